The first-order valence-corrected chi connectivity index (χ1v) is 15.3. The lowest BCUT2D eigenvalue weighted by atomic mass is 9.89. The lowest BCUT2D eigenvalue weighted by Gasteiger charge is -2.36. The van der Waals surface area contributed by atoms with Crippen molar-refractivity contribution in [1.29, 1.82) is 0 Å². The van der Waals surface area contributed by atoms with E-state index in [1.54, 1.807) is 18.2 Å². The Morgan fingerprint density at radius 2 is 1.79 bits per heavy atom. The first kappa shape index (κ1) is 32.9. The third-order valence-electron chi connectivity index (χ3n) is 7.49. The van der Waals surface area contributed by atoms with Crippen molar-refractivity contribution in [1.82, 2.24) is 15.2 Å². The number of pyridine rings is 1. The van der Waals surface area contributed by atoms with Gasteiger partial charge in [0.2, 0.25) is 0 Å². The quantitative estimate of drug-likeness (QED) is 0.134. The Morgan fingerprint density at radius 3 is 2.53 bits per heavy atom. The molecule has 3 aromatic carbocycles. The molecule has 2 heterocycles. The van der Waals surface area contributed by atoms with Crippen molar-refractivity contribution in [2.24, 2.45) is 4.99 Å². The van der Waals surface area contributed by atoms with Crippen molar-refractivity contribution in [2.45, 2.75) is 31.5 Å². The van der Waals surface area contributed by atoms with Gasteiger partial charge >= 0.3 is 6.09 Å². The van der Waals surface area contributed by atoms with Gasteiger partial charge < -0.3 is 20.3 Å². The number of anilines is 1. The summed E-state index contributed by atoms with van der Waals surface area (Å²) in [6, 6.07) is 22.1. The molecule has 1 unspecified atom stereocenters. The highest BCUT2D eigenvalue weighted by Gasteiger charge is 2.40. The summed E-state index contributed by atoms with van der Waals surface area (Å²) in [5, 5.41) is 5.71. The molecule has 0 saturated heterocycles. The van der Waals surface area contributed by atoms with Crippen LogP contribution in [0.15, 0.2) is 102 Å². The summed E-state index contributed by atoms with van der Waals surface area (Å²) >= 11 is 6.05. The fourth-order valence-corrected chi connectivity index (χ4v) is 5.38. The summed E-state index contributed by atoms with van der Waals surface area (Å²) in [7, 11) is 0. The van der Waals surface area contributed by atoms with E-state index in [0.717, 1.165) is 5.56 Å². The normalized spacial score (nSPS) is 14.2. The molecule has 2 atom stereocenters. The number of rotatable bonds is 12. The Labute approximate surface area is 276 Å². The highest BCUT2D eigenvalue weighted by Crippen LogP contribution is 2.30. The molecule has 0 spiro atoms. The van der Waals surface area contributed by atoms with Crippen molar-refractivity contribution in [3.8, 4) is 12.3 Å². The minimum atomic E-state index is -1.00. The third kappa shape index (κ3) is 8.01. The van der Waals surface area contributed by atoms with Gasteiger partial charge in [0.05, 0.1) is 34.2 Å². The maximum atomic E-state index is 15.2. The molecule has 0 bridgehead atoms. The number of hydrogen-bond donors (Lipinski definition) is 2. The SMILES string of the molecule is C#CC[C@H](C1=Nc2cnccc2C(=O)C1Nc1ccccc1)N(CCCNC(=O)OCc1ccccc1)C(=O)c1cccc(Cl)c1F. The summed E-state index contributed by atoms with van der Waals surface area (Å²) in [6.07, 6.45) is 8.37. The Morgan fingerprint density at radius 1 is 1.04 bits per heavy atom. The molecule has 4 aromatic rings. The van der Waals surface area contributed by atoms with Gasteiger partial charge in [0.25, 0.3) is 5.91 Å². The molecule has 0 saturated carbocycles. The molecule has 9 nitrogen and oxygen atoms in total. The molecule has 5 rings (SSSR count). The van der Waals surface area contributed by atoms with Gasteiger partial charge in [-0.25, -0.2) is 9.18 Å². The molecule has 0 aliphatic carbocycles. The van der Waals surface area contributed by atoms with E-state index < -0.39 is 29.9 Å². The van der Waals surface area contributed by atoms with Crippen LogP contribution in [-0.4, -0.2) is 58.6 Å². The van der Waals surface area contributed by atoms with E-state index in [2.05, 4.69) is 21.5 Å². The number of carbonyl (C=O) groups excluding carboxylic acids is 3. The number of ether oxygens (including phenoxy) is 1. The number of fused-ring (bicyclic) bond motifs is 1. The average Bonchev–Trinajstić information content (AvgIpc) is 3.10. The fourth-order valence-electron chi connectivity index (χ4n) is 5.21. The lowest BCUT2D eigenvalue weighted by molar-refractivity contribution is 0.0716. The number of nitrogens with zero attached hydrogens (tertiary/aromatic N) is 3. The van der Waals surface area contributed by atoms with E-state index in [0.29, 0.717) is 16.9 Å². The molecule has 2 amide bonds. The second-order valence-corrected chi connectivity index (χ2v) is 11.0. The van der Waals surface area contributed by atoms with Gasteiger partial charge in [0, 0.05) is 37.0 Å². The zero-order valence-electron chi connectivity index (χ0n) is 25.2. The molecular weight excluding hydrogens is 621 g/mol. The van der Waals surface area contributed by atoms with Gasteiger partial charge in [-0.2, -0.15) is 0 Å². The molecule has 1 aliphatic rings. The minimum absolute atomic E-state index is 0.0151. The molecule has 0 fully saturated rings. The summed E-state index contributed by atoms with van der Waals surface area (Å²) in [6.45, 7) is 0.235. The van der Waals surface area contributed by atoms with Crippen LogP contribution in [0.4, 0.5) is 20.6 Å². The van der Waals surface area contributed by atoms with Crippen LogP contribution in [0.1, 0.15) is 39.1 Å². The number of aliphatic imine (C=N–C) groups is 1. The van der Waals surface area contributed by atoms with E-state index in [9.17, 15) is 14.4 Å². The monoisotopic (exact) mass is 651 g/mol. The number of amides is 2. The molecule has 11 heteroatoms. The van der Waals surface area contributed by atoms with Crippen LogP contribution in [0.3, 0.4) is 0 Å². The Hall–Kier alpha value is -5.53. The largest absolute Gasteiger partial charge is 0.445 e. The zero-order chi connectivity index (χ0) is 33.2. The number of terminal acetylenes is 1. The predicted octanol–water partition coefficient (Wildman–Crippen LogP) is 6.47. The van der Waals surface area contributed by atoms with E-state index in [-0.39, 0.29) is 54.6 Å². The van der Waals surface area contributed by atoms with E-state index in [1.807, 2.05) is 48.5 Å². The number of aromatic nitrogens is 1. The number of Topliss-reactive ketones (excluding diaryl/α,β-unsaturated/α-hetero) is 1. The van der Waals surface area contributed by atoms with Gasteiger partial charge in [-0.05, 0) is 42.3 Å². The van der Waals surface area contributed by atoms with Crippen molar-refractivity contribution in [3.63, 3.8) is 0 Å². The molecule has 238 valence electrons. The van der Waals surface area contributed by atoms with E-state index in [4.69, 9.17) is 27.8 Å². The van der Waals surface area contributed by atoms with Gasteiger partial charge in [0.1, 0.15) is 12.6 Å². The molecule has 47 heavy (non-hydrogen) atoms. The second-order valence-electron chi connectivity index (χ2n) is 10.6. The Kier molecular flexibility index (Phi) is 10.9. The van der Waals surface area contributed by atoms with Crippen LogP contribution in [0.5, 0.6) is 0 Å². The molecular formula is C36H31ClFN5O4. The number of hydrogen-bond acceptors (Lipinski definition) is 7. The second kappa shape index (κ2) is 15.7. The molecule has 2 N–H and O–H groups in total. The zero-order valence-corrected chi connectivity index (χ0v) is 26.0. The number of nitrogens with one attached hydrogen (secondary N) is 2. The van der Waals surface area contributed by atoms with Crippen LogP contribution in [-0.2, 0) is 11.3 Å². The minimum Gasteiger partial charge on any atom is -0.445 e. The van der Waals surface area contributed by atoms with Crippen LogP contribution < -0.4 is 10.6 Å². The number of carbonyl (C=O) groups is 3. The van der Waals surface area contributed by atoms with Crippen LogP contribution >= 0.6 is 11.6 Å². The Balaban J connectivity index is 1.45. The Bertz CT molecular complexity index is 1810. The van der Waals surface area contributed by atoms with Crippen molar-refractivity contribution < 1.29 is 23.5 Å². The van der Waals surface area contributed by atoms with Crippen molar-refractivity contribution in [3.05, 3.63) is 125 Å². The van der Waals surface area contributed by atoms with Crippen molar-refractivity contribution in [2.75, 3.05) is 18.4 Å². The maximum absolute atomic E-state index is 15.2. The molecule has 1 aromatic heterocycles. The van der Waals surface area contributed by atoms with Crippen LogP contribution in [0.2, 0.25) is 5.02 Å². The smallest absolute Gasteiger partial charge is 0.407 e. The fraction of sp³-hybridized carbons (Fsp3) is 0.194. The van der Waals surface area contributed by atoms with E-state index >= 15 is 4.39 Å². The van der Waals surface area contributed by atoms with Crippen molar-refractivity contribution >= 4 is 46.5 Å². The number of ketones is 1. The van der Waals surface area contributed by atoms with Gasteiger partial charge in [-0.15, -0.1) is 12.3 Å². The number of benzene rings is 3. The first-order chi connectivity index (χ1) is 22.9. The first-order valence-electron chi connectivity index (χ1n) is 14.9. The van der Waals surface area contributed by atoms with Crippen LogP contribution in [0, 0.1) is 18.2 Å². The van der Waals surface area contributed by atoms with E-state index in [1.165, 1.54) is 35.5 Å². The average molecular weight is 652 g/mol. The topological polar surface area (TPSA) is 113 Å². The standard InChI is InChI=1S/C36H31ClFN5O4/c1-2-11-30(32-33(41-25-14-7-4-8-15-25)34(44)26-18-20-39-22-29(26)42-32)43(35(45)27-16-9-17-28(37)31(27)38)21-10-19-40-36(46)47-23-24-12-5-3-6-13-24/h1,3-9,12-18,20,22,30,33,41H,10-11,19,21,23H2,(H,40,46)/t30-,33?/m1/s1. The maximum Gasteiger partial charge on any atom is 0.407 e. The lowest BCUT2D eigenvalue weighted by Crippen LogP contribution is -2.54. The molecule has 0 radical (unpaired) electrons. The van der Waals surface area contributed by atoms with Gasteiger partial charge in [-0.3, -0.25) is 19.6 Å². The molecule has 1 aliphatic heterocycles. The number of halogens is 2. The summed E-state index contributed by atoms with van der Waals surface area (Å²) < 4.78 is 20.5. The van der Waals surface area contributed by atoms with Crippen LogP contribution in [0.25, 0.3) is 0 Å². The summed E-state index contributed by atoms with van der Waals surface area (Å²) in [5.41, 5.74) is 2.15. The summed E-state index contributed by atoms with van der Waals surface area (Å²) in [5.74, 6) is 0.720. The van der Waals surface area contributed by atoms with Gasteiger partial charge in [0.15, 0.2) is 11.6 Å². The number of para-hydroxylation sites is 1. The number of alkyl carbamates (subject to hydrolysis) is 1. The summed E-state index contributed by atoms with van der Waals surface area (Å²) in [4.78, 5) is 50.8. The highest BCUT2D eigenvalue weighted by atomic mass is 35.5. The predicted molar refractivity (Wildman–Crippen MR) is 178 cm³/mol. The third-order valence-corrected chi connectivity index (χ3v) is 7.78. The van der Waals surface area contributed by atoms with Gasteiger partial charge in [-0.1, -0.05) is 66.2 Å². The highest BCUT2D eigenvalue weighted by molar-refractivity contribution is 6.31.